The van der Waals surface area contributed by atoms with Crippen LogP contribution in [0, 0.1) is 5.92 Å². The van der Waals surface area contributed by atoms with Crippen molar-refractivity contribution in [1.29, 1.82) is 0 Å². The minimum Gasteiger partial charge on any atom is -0.356 e. The second kappa shape index (κ2) is 10.5. The van der Waals surface area contributed by atoms with Crippen LogP contribution in [0.2, 0.25) is 0 Å². The molecular weight excluding hydrogens is 276 g/mol. The van der Waals surface area contributed by atoms with Crippen molar-refractivity contribution in [3.05, 3.63) is 0 Å². The van der Waals surface area contributed by atoms with E-state index in [9.17, 15) is 4.79 Å². The number of nitrogens with zero attached hydrogens (tertiary/aromatic N) is 3. The number of likely N-dealkylation sites (N-methyl/N-ethyl adjacent to an activating group) is 1. The summed E-state index contributed by atoms with van der Waals surface area (Å²) in [5.74, 6) is 1.66. The Bertz CT molecular complexity index is 349. The summed E-state index contributed by atoms with van der Waals surface area (Å²) in [6.07, 6.45) is 7.43. The zero-order chi connectivity index (χ0) is 16.4. The molecule has 5 heteroatoms. The monoisotopic (exact) mass is 310 g/mol. The quantitative estimate of drug-likeness (QED) is 0.553. The van der Waals surface area contributed by atoms with Gasteiger partial charge in [-0.1, -0.05) is 33.1 Å². The van der Waals surface area contributed by atoms with Crippen LogP contribution in [0.3, 0.4) is 0 Å². The Hall–Kier alpha value is -1.26. The van der Waals surface area contributed by atoms with E-state index >= 15 is 0 Å². The first-order valence-corrected chi connectivity index (χ1v) is 8.81. The zero-order valence-corrected chi connectivity index (χ0v) is 14.9. The lowest BCUT2D eigenvalue weighted by molar-refractivity contribution is -0.127. The molecule has 1 atom stereocenters. The molecule has 0 aliphatic carbocycles. The predicted octanol–water partition coefficient (Wildman–Crippen LogP) is 2.33. The fourth-order valence-corrected chi connectivity index (χ4v) is 2.66. The van der Waals surface area contributed by atoms with Gasteiger partial charge in [-0.2, -0.15) is 0 Å². The molecule has 0 aromatic rings. The number of carbonyl (C=O) groups excluding carboxylic acids is 1. The molecule has 1 aliphatic heterocycles. The third kappa shape index (κ3) is 6.67. The molecule has 0 aromatic heterocycles. The van der Waals surface area contributed by atoms with E-state index in [0.717, 1.165) is 25.6 Å². The first kappa shape index (κ1) is 18.8. The van der Waals surface area contributed by atoms with Crippen molar-refractivity contribution in [2.24, 2.45) is 10.9 Å². The number of nitrogens with one attached hydrogen (secondary N) is 1. The lowest BCUT2D eigenvalue weighted by Gasteiger charge is -2.24. The molecule has 1 fully saturated rings. The van der Waals surface area contributed by atoms with Gasteiger partial charge in [0.15, 0.2) is 5.96 Å². The molecule has 22 heavy (non-hydrogen) atoms. The first-order chi connectivity index (χ1) is 10.6. The Kier molecular flexibility index (Phi) is 8.94. The van der Waals surface area contributed by atoms with Crippen LogP contribution >= 0.6 is 0 Å². The molecule has 0 aromatic carbocycles. The number of rotatable bonds is 8. The van der Waals surface area contributed by atoms with Crippen LogP contribution < -0.4 is 5.32 Å². The van der Waals surface area contributed by atoms with Gasteiger partial charge in [0, 0.05) is 33.7 Å². The molecule has 1 N–H and O–H groups in total. The molecule has 5 nitrogen and oxygen atoms in total. The molecule has 1 heterocycles. The third-order valence-electron chi connectivity index (χ3n) is 4.36. The van der Waals surface area contributed by atoms with Crippen molar-refractivity contribution in [2.75, 3.05) is 40.3 Å². The predicted molar refractivity (Wildman–Crippen MR) is 93.1 cm³/mol. The van der Waals surface area contributed by atoms with Crippen molar-refractivity contribution in [1.82, 2.24) is 15.1 Å². The van der Waals surface area contributed by atoms with Crippen molar-refractivity contribution in [2.45, 2.75) is 52.4 Å². The summed E-state index contributed by atoms with van der Waals surface area (Å²) < 4.78 is 0. The molecule has 1 rings (SSSR count). The Morgan fingerprint density at radius 1 is 1.27 bits per heavy atom. The lowest BCUT2D eigenvalue weighted by atomic mass is 9.99. The van der Waals surface area contributed by atoms with Crippen molar-refractivity contribution in [3.63, 3.8) is 0 Å². The van der Waals surface area contributed by atoms with Gasteiger partial charge >= 0.3 is 0 Å². The number of hydrogen-bond donors (Lipinski definition) is 1. The normalized spacial score (nSPS) is 16.7. The van der Waals surface area contributed by atoms with Crippen LogP contribution in [0.1, 0.15) is 52.4 Å². The summed E-state index contributed by atoms with van der Waals surface area (Å²) in [5.41, 5.74) is 0. The average molecular weight is 310 g/mol. The van der Waals surface area contributed by atoms with Gasteiger partial charge in [0.2, 0.25) is 5.91 Å². The summed E-state index contributed by atoms with van der Waals surface area (Å²) in [6, 6.07) is 0. The van der Waals surface area contributed by atoms with Gasteiger partial charge in [0.25, 0.3) is 0 Å². The van der Waals surface area contributed by atoms with E-state index in [1.165, 1.54) is 38.5 Å². The van der Waals surface area contributed by atoms with E-state index < -0.39 is 0 Å². The van der Waals surface area contributed by atoms with Crippen LogP contribution in [0.25, 0.3) is 0 Å². The molecule has 0 spiro atoms. The maximum Gasteiger partial charge on any atom is 0.243 e. The van der Waals surface area contributed by atoms with Crippen molar-refractivity contribution >= 4 is 11.9 Å². The van der Waals surface area contributed by atoms with E-state index in [2.05, 4.69) is 29.1 Å². The first-order valence-electron chi connectivity index (χ1n) is 8.81. The van der Waals surface area contributed by atoms with Crippen LogP contribution in [-0.4, -0.2) is 61.9 Å². The summed E-state index contributed by atoms with van der Waals surface area (Å²) >= 11 is 0. The number of guanidine groups is 1. The van der Waals surface area contributed by atoms with Crippen LogP contribution in [0.5, 0.6) is 0 Å². The largest absolute Gasteiger partial charge is 0.356 e. The summed E-state index contributed by atoms with van der Waals surface area (Å²) in [6.45, 7) is 7.79. The SMILES string of the molecule is CCCCC(CC)CNC(=NCC(=O)N(C)C)N1CCCC1. The minimum absolute atomic E-state index is 0.0523. The number of unbranched alkanes of at least 4 members (excludes halogenated alkanes) is 1. The van der Waals surface area contributed by atoms with Crippen LogP contribution in [0.15, 0.2) is 4.99 Å². The van der Waals surface area contributed by atoms with Gasteiger partial charge < -0.3 is 15.1 Å². The Morgan fingerprint density at radius 3 is 2.50 bits per heavy atom. The Morgan fingerprint density at radius 2 is 1.95 bits per heavy atom. The van der Waals surface area contributed by atoms with E-state index in [1.54, 1.807) is 19.0 Å². The number of hydrogen-bond acceptors (Lipinski definition) is 2. The standard InChI is InChI=1S/C17H34N4O/c1-5-7-10-15(6-2)13-18-17(21-11-8-9-12-21)19-14-16(22)20(3)4/h15H,5-14H2,1-4H3,(H,18,19). The lowest BCUT2D eigenvalue weighted by Crippen LogP contribution is -2.42. The zero-order valence-electron chi connectivity index (χ0n) is 14.9. The molecule has 0 saturated carbocycles. The average Bonchev–Trinajstić information content (AvgIpc) is 3.03. The number of aliphatic imine (C=N–C) groups is 1. The highest BCUT2D eigenvalue weighted by molar-refractivity contribution is 5.85. The number of carbonyl (C=O) groups is 1. The maximum absolute atomic E-state index is 11.8. The molecule has 128 valence electrons. The van der Waals surface area contributed by atoms with Gasteiger partial charge in [-0.05, 0) is 25.2 Å². The second-order valence-corrected chi connectivity index (χ2v) is 6.42. The number of amides is 1. The van der Waals surface area contributed by atoms with Crippen molar-refractivity contribution < 1.29 is 4.79 Å². The van der Waals surface area contributed by atoms with E-state index in [-0.39, 0.29) is 12.5 Å². The van der Waals surface area contributed by atoms with Gasteiger partial charge in [0.1, 0.15) is 6.54 Å². The molecule has 1 aliphatic rings. The highest BCUT2D eigenvalue weighted by atomic mass is 16.2. The van der Waals surface area contributed by atoms with Crippen molar-refractivity contribution in [3.8, 4) is 0 Å². The molecule has 1 amide bonds. The van der Waals surface area contributed by atoms with Gasteiger partial charge in [-0.15, -0.1) is 0 Å². The smallest absolute Gasteiger partial charge is 0.243 e. The van der Waals surface area contributed by atoms with Gasteiger partial charge in [-0.25, -0.2) is 4.99 Å². The van der Waals surface area contributed by atoms with Gasteiger partial charge in [0.05, 0.1) is 0 Å². The Balaban J connectivity index is 2.57. The van der Waals surface area contributed by atoms with Crippen LogP contribution in [0.4, 0.5) is 0 Å². The summed E-state index contributed by atoms with van der Waals surface area (Å²) in [7, 11) is 3.55. The fourth-order valence-electron chi connectivity index (χ4n) is 2.66. The highest BCUT2D eigenvalue weighted by Crippen LogP contribution is 2.12. The molecule has 1 saturated heterocycles. The Labute approximate surface area is 136 Å². The second-order valence-electron chi connectivity index (χ2n) is 6.42. The molecule has 1 unspecified atom stereocenters. The van der Waals surface area contributed by atoms with Crippen LogP contribution in [-0.2, 0) is 4.79 Å². The maximum atomic E-state index is 11.8. The van der Waals surface area contributed by atoms with E-state index in [1.807, 2.05) is 0 Å². The fraction of sp³-hybridized carbons (Fsp3) is 0.882. The highest BCUT2D eigenvalue weighted by Gasteiger charge is 2.17. The molecule has 0 radical (unpaired) electrons. The summed E-state index contributed by atoms with van der Waals surface area (Å²) in [4.78, 5) is 20.2. The van der Waals surface area contributed by atoms with E-state index in [0.29, 0.717) is 5.92 Å². The summed E-state index contributed by atoms with van der Waals surface area (Å²) in [5, 5.41) is 3.52. The topological polar surface area (TPSA) is 47.9 Å². The molecule has 0 bridgehead atoms. The minimum atomic E-state index is 0.0523. The number of likely N-dealkylation sites (tertiary alicyclic amines) is 1. The van der Waals surface area contributed by atoms with E-state index in [4.69, 9.17) is 0 Å². The van der Waals surface area contributed by atoms with Gasteiger partial charge in [-0.3, -0.25) is 4.79 Å². The third-order valence-corrected chi connectivity index (χ3v) is 4.36. The molecular formula is C17H34N4O.